The van der Waals surface area contributed by atoms with Crippen LogP contribution in [0.5, 0.6) is 0 Å². The molecule has 1 aliphatic heterocycles. The molecule has 2 heterocycles. The van der Waals surface area contributed by atoms with Crippen LogP contribution in [0, 0.1) is 18.5 Å². The molecule has 0 amide bonds. The van der Waals surface area contributed by atoms with E-state index in [0.717, 1.165) is 17.2 Å². The monoisotopic (exact) mass is 679 g/mol. The molecule has 1 spiro atoms. The van der Waals surface area contributed by atoms with Crippen molar-refractivity contribution in [2.75, 3.05) is 9.80 Å². The molecule has 2 aromatic rings. The van der Waals surface area contributed by atoms with Crippen LogP contribution in [0.4, 0.5) is 17.2 Å². The van der Waals surface area contributed by atoms with Gasteiger partial charge in [0.15, 0.2) is 0 Å². The second-order valence-corrected chi connectivity index (χ2v) is 8.02. The molecular formula is C24H29IIrN3. The molecule has 0 N–H and O–H groups in total. The number of rotatable bonds is 2. The van der Waals surface area contributed by atoms with Gasteiger partial charge in [-0.05, 0) is 62.4 Å². The summed E-state index contributed by atoms with van der Waals surface area (Å²) in [7, 11) is 0. The second kappa shape index (κ2) is 10.9. The van der Waals surface area contributed by atoms with Crippen LogP contribution in [0.3, 0.4) is 0 Å². The molecule has 0 saturated heterocycles. The van der Waals surface area contributed by atoms with Crippen LogP contribution >= 0.6 is 19.6 Å². The molecule has 29 heavy (non-hydrogen) atoms. The zero-order valence-electron chi connectivity index (χ0n) is 17.1. The van der Waals surface area contributed by atoms with Crippen molar-refractivity contribution in [3.63, 3.8) is 0 Å². The van der Waals surface area contributed by atoms with Crippen molar-refractivity contribution in [3.05, 3.63) is 73.9 Å². The van der Waals surface area contributed by atoms with Crippen LogP contribution in [0.2, 0.25) is 0 Å². The van der Waals surface area contributed by atoms with Crippen LogP contribution in [0.1, 0.15) is 46.0 Å². The van der Waals surface area contributed by atoms with E-state index in [-0.39, 0.29) is 0 Å². The average Bonchev–Trinajstić information content (AvgIpc) is 3.16. The summed E-state index contributed by atoms with van der Waals surface area (Å²) in [6.45, 7) is 6.49. The van der Waals surface area contributed by atoms with E-state index in [1.54, 1.807) is 0 Å². The summed E-state index contributed by atoms with van der Waals surface area (Å²) in [6.07, 6.45) is 15.9. The Morgan fingerprint density at radius 1 is 1.14 bits per heavy atom. The standard InChI is InChI=1S/C15H16N3.C9H13.HI.Ir/c1-12(2)17-11-18(13-7-4-3-5-8-13)15-14(17)9-6-10-16-15;1-2-5-9(6-3-1)7-4-8-9;;/h3-12H,1-2H3;2,4,7H,1,3,5-6,8H2;1H;/q2*-1;;+3/p-1. The zero-order chi connectivity index (χ0) is 20.7. The van der Waals surface area contributed by atoms with Crippen LogP contribution in [-0.4, -0.2) is 11.0 Å². The van der Waals surface area contributed by atoms with E-state index in [2.05, 4.69) is 91.7 Å². The molecule has 1 saturated carbocycles. The normalized spacial score (nSPS) is 21.7. The van der Waals surface area contributed by atoms with Gasteiger partial charge in [-0.3, -0.25) is 0 Å². The number of anilines is 3. The third-order valence-electron chi connectivity index (χ3n) is 5.73. The van der Waals surface area contributed by atoms with E-state index in [0.29, 0.717) is 11.5 Å². The summed E-state index contributed by atoms with van der Waals surface area (Å²) in [4.78, 5) is 8.88. The average molecular weight is 679 g/mol. The van der Waals surface area contributed by atoms with E-state index in [9.17, 15) is 0 Å². The van der Waals surface area contributed by atoms with E-state index in [4.69, 9.17) is 0 Å². The third kappa shape index (κ3) is 5.42. The fourth-order valence-corrected chi connectivity index (χ4v) is 4.08. The van der Waals surface area contributed by atoms with Gasteiger partial charge in [-0.25, -0.2) is 4.98 Å². The molecule has 1 atom stereocenters. The van der Waals surface area contributed by atoms with Crippen LogP contribution in [-0.2, 0) is 15.3 Å². The Bertz CT molecular complexity index is 788. The molecule has 3 nitrogen and oxygen atoms in total. The van der Waals surface area contributed by atoms with E-state index >= 15 is 0 Å². The summed E-state index contributed by atoms with van der Waals surface area (Å²) in [6, 6.07) is 14.8. The fraction of sp³-hybridized carbons (Fsp3) is 0.375. The van der Waals surface area contributed by atoms with Gasteiger partial charge in [-0.1, -0.05) is 36.8 Å². The van der Waals surface area contributed by atoms with Gasteiger partial charge in [0.1, 0.15) is 5.82 Å². The van der Waals surface area contributed by atoms with Crippen molar-refractivity contribution < 1.29 is 15.3 Å². The number of nitrogens with zero attached hydrogens (tertiary/aromatic N) is 3. The summed E-state index contributed by atoms with van der Waals surface area (Å²) < 4.78 is 0. The molecule has 5 rings (SSSR count). The van der Waals surface area contributed by atoms with Crippen molar-refractivity contribution in [1.29, 1.82) is 0 Å². The van der Waals surface area contributed by atoms with Crippen LogP contribution < -0.4 is 9.80 Å². The zero-order valence-corrected chi connectivity index (χ0v) is 21.6. The van der Waals surface area contributed by atoms with Gasteiger partial charge >= 0.3 is 34.9 Å². The molecule has 5 heteroatoms. The first-order valence-corrected chi connectivity index (χ1v) is 17.0. The van der Waals surface area contributed by atoms with Crippen molar-refractivity contribution >= 4 is 36.8 Å². The number of para-hydroxylation sites is 1. The summed E-state index contributed by atoms with van der Waals surface area (Å²) >= 11 is 4.12. The Hall–Kier alpha value is -0.911. The predicted octanol–water partition coefficient (Wildman–Crippen LogP) is 7.16. The van der Waals surface area contributed by atoms with Crippen LogP contribution in [0.25, 0.3) is 0 Å². The SMILES string of the molecule is C1=CC2(C1)C[CH-]CCC2.CC(C)N1[CH-]N(c2ccccc2)c2ncccc21.[I][Ir+2]. The number of fused-ring (bicyclic) bond motifs is 1. The molecule has 2 aliphatic carbocycles. The van der Waals surface area contributed by atoms with E-state index < -0.39 is 0 Å². The minimum absolute atomic E-state index is 0.418. The number of hydrogen-bond acceptors (Lipinski definition) is 3. The molecule has 156 valence electrons. The molecule has 0 radical (unpaired) electrons. The summed E-state index contributed by atoms with van der Waals surface area (Å²) in [5.74, 6) is 0.998. The van der Waals surface area contributed by atoms with Crippen molar-refractivity contribution in [2.45, 2.75) is 52.0 Å². The Labute approximate surface area is 197 Å². The maximum atomic E-state index is 4.50. The van der Waals surface area contributed by atoms with Gasteiger partial charge < -0.3 is 16.2 Å². The molecular weight excluding hydrogens is 649 g/mol. The Kier molecular flexibility index (Phi) is 8.57. The molecule has 1 aromatic heterocycles. The number of allylic oxidation sites excluding steroid dienone is 2. The molecule has 3 aliphatic rings. The number of aromatic nitrogens is 1. The van der Waals surface area contributed by atoms with Gasteiger partial charge in [0.2, 0.25) is 0 Å². The Morgan fingerprint density at radius 3 is 2.45 bits per heavy atom. The van der Waals surface area contributed by atoms with Gasteiger partial charge in [0.25, 0.3) is 0 Å². The second-order valence-electron chi connectivity index (χ2n) is 8.02. The molecule has 1 unspecified atom stereocenters. The van der Waals surface area contributed by atoms with E-state index in [1.165, 1.54) is 32.1 Å². The van der Waals surface area contributed by atoms with E-state index in [1.807, 2.05) is 45.8 Å². The van der Waals surface area contributed by atoms with Crippen LogP contribution in [0.15, 0.2) is 60.8 Å². The number of hydrogen-bond donors (Lipinski definition) is 0. The van der Waals surface area contributed by atoms with Crippen molar-refractivity contribution in [1.82, 2.24) is 4.98 Å². The first kappa shape index (κ1) is 22.8. The molecule has 1 aromatic carbocycles. The fourth-order valence-electron chi connectivity index (χ4n) is 4.08. The number of pyridine rings is 1. The summed E-state index contributed by atoms with van der Waals surface area (Å²) in [5.41, 5.74) is 2.97. The predicted molar refractivity (Wildman–Crippen MR) is 128 cm³/mol. The molecule has 1 fully saturated rings. The molecule has 0 bridgehead atoms. The quantitative estimate of drug-likeness (QED) is 0.191. The third-order valence-corrected chi connectivity index (χ3v) is 5.73. The van der Waals surface area contributed by atoms with Crippen molar-refractivity contribution in [2.24, 2.45) is 5.41 Å². The van der Waals surface area contributed by atoms with Gasteiger partial charge in [0.05, 0.1) is 0 Å². The Balaban J connectivity index is 0.000000183. The Morgan fingerprint density at radius 2 is 1.90 bits per heavy atom. The minimum atomic E-state index is 0.418. The first-order chi connectivity index (χ1) is 14.2. The van der Waals surface area contributed by atoms with Crippen molar-refractivity contribution in [3.8, 4) is 0 Å². The van der Waals surface area contributed by atoms with Gasteiger partial charge in [-0.15, -0.1) is 6.67 Å². The summed E-state index contributed by atoms with van der Waals surface area (Å²) in [5, 5.41) is 0. The topological polar surface area (TPSA) is 19.4 Å². The number of benzene rings is 1. The maximum absolute atomic E-state index is 4.50. The first-order valence-electron chi connectivity index (χ1n) is 10.2. The number of halogens is 1. The van der Waals surface area contributed by atoms with Gasteiger partial charge in [0, 0.05) is 17.6 Å². The van der Waals surface area contributed by atoms with Gasteiger partial charge in [-0.2, -0.15) is 12.8 Å².